The van der Waals surface area contributed by atoms with Crippen LogP contribution in [0.5, 0.6) is 0 Å². The minimum absolute atomic E-state index is 1.15. The van der Waals surface area contributed by atoms with Crippen LogP contribution in [0.1, 0.15) is 64.2 Å². The third kappa shape index (κ3) is 1.48. The van der Waals surface area contributed by atoms with E-state index in [-0.39, 0.29) is 0 Å². The maximum absolute atomic E-state index is 1.64. The molecule has 5 fully saturated rings. The maximum atomic E-state index is 1.64. The van der Waals surface area contributed by atoms with Crippen molar-refractivity contribution < 1.29 is 0 Å². The van der Waals surface area contributed by atoms with Crippen LogP contribution in [0.25, 0.3) is 0 Å². The Labute approximate surface area is 100 Å². The van der Waals surface area contributed by atoms with Crippen molar-refractivity contribution in [2.45, 2.75) is 64.2 Å². The van der Waals surface area contributed by atoms with Crippen LogP contribution in [0.2, 0.25) is 0 Å². The SMILES string of the molecule is C1CC2CC1CCC2C1CC2CCC1CC2. The van der Waals surface area contributed by atoms with Crippen molar-refractivity contribution in [2.75, 3.05) is 0 Å². The lowest BCUT2D eigenvalue weighted by Gasteiger charge is -2.48. The van der Waals surface area contributed by atoms with Gasteiger partial charge in [-0.05, 0) is 74.0 Å². The average Bonchev–Trinajstić information content (AvgIpc) is 2.73. The molecule has 90 valence electrons. The Balaban J connectivity index is 1.52. The topological polar surface area (TPSA) is 0 Å². The van der Waals surface area contributed by atoms with Crippen molar-refractivity contribution in [2.24, 2.45) is 35.5 Å². The molecule has 0 N–H and O–H groups in total. The van der Waals surface area contributed by atoms with Crippen LogP contribution in [-0.4, -0.2) is 0 Å². The summed E-state index contributed by atoms with van der Waals surface area (Å²) < 4.78 is 0. The molecule has 0 aliphatic heterocycles. The zero-order valence-corrected chi connectivity index (χ0v) is 10.5. The van der Waals surface area contributed by atoms with Gasteiger partial charge < -0.3 is 0 Å². The molecule has 0 radical (unpaired) electrons. The van der Waals surface area contributed by atoms with Crippen molar-refractivity contribution in [3.8, 4) is 0 Å². The molecule has 5 aliphatic rings. The molecular formula is C16H26. The molecular weight excluding hydrogens is 192 g/mol. The van der Waals surface area contributed by atoms with Crippen LogP contribution >= 0.6 is 0 Å². The standard InChI is InChI=1S/C16H26/c1-5-13-6-2-12(1)10-16(13)15-8-4-11-3-7-14(15)9-11/h11-16H,1-10H2. The summed E-state index contributed by atoms with van der Waals surface area (Å²) in [5, 5.41) is 0. The van der Waals surface area contributed by atoms with E-state index in [0.717, 1.165) is 17.8 Å². The van der Waals surface area contributed by atoms with Gasteiger partial charge in [0.2, 0.25) is 0 Å². The smallest absolute Gasteiger partial charge is 0.0352 e. The highest BCUT2D eigenvalue weighted by molar-refractivity contribution is 4.95. The predicted octanol–water partition coefficient (Wildman–Crippen LogP) is 4.64. The Morgan fingerprint density at radius 3 is 1.75 bits per heavy atom. The molecule has 0 spiro atoms. The molecule has 5 rings (SSSR count). The largest absolute Gasteiger partial charge is 0.0502 e. The highest BCUT2D eigenvalue weighted by atomic mass is 14.5. The van der Waals surface area contributed by atoms with E-state index in [2.05, 4.69) is 0 Å². The van der Waals surface area contributed by atoms with Crippen LogP contribution in [0.3, 0.4) is 0 Å². The van der Waals surface area contributed by atoms with E-state index in [1.165, 1.54) is 17.8 Å². The fourth-order valence-electron chi connectivity index (χ4n) is 5.95. The lowest BCUT2D eigenvalue weighted by molar-refractivity contribution is 0.0203. The fourth-order valence-corrected chi connectivity index (χ4v) is 5.95. The van der Waals surface area contributed by atoms with E-state index >= 15 is 0 Å². The summed E-state index contributed by atoms with van der Waals surface area (Å²) >= 11 is 0. The maximum Gasteiger partial charge on any atom is -0.0352 e. The van der Waals surface area contributed by atoms with Crippen molar-refractivity contribution in [1.29, 1.82) is 0 Å². The zero-order valence-electron chi connectivity index (χ0n) is 10.5. The highest BCUT2D eigenvalue weighted by Crippen LogP contribution is 2.55. The van der Waals surface area contributed by atoms with Gasteiger partial charge >= 0.3 is 0 Å². The first kappa shape index (κ1) is 9.97. The Morgan fingerprint density at radius 2 is 1.06 bits per heavy atom. The lowest BCUT2D eigenvalue weighted by Crippen LogP contribution is -2.39. The summed E-state index contributed by atoms with van der Waals surface area (Å²) in [5.74, 6) is 6.98. The molecule has 5 aliphatic carbocycles. The van der Waals surface area contributed by atoms with Crippen LogP contribution in [0, 0.1) is 35.5 Å². The molecule has 0 aromatic carbocycles. The molecule has 0 heterocycles. The summed E-state index contributed by atoms with van der Waals surface area (Å²) in [4.78, 5) is 0. The molecule has 4 unspecified atom stereocenters. The van der Waals surface area contributed by atoms with Gasteiger partial charge in [0.1, 0.15) is 0 Å². The van der Waals surface area contributed by atoms with E-state index in [9.17, 15) is 0 Å². The monoisotopic (exact) mass is 218 g/mol. The minimum Gasteiger partial charge on any atom is -0.0502 e. The van der Waals surface area contributed by atoms with Crippen LogP contribution in [0.15, 0.2) is 0 Å². The first-order valence-electron chi connectivity index (χ1n) is 7.90. The van der Waals surface area contributed by atoms with Crippen LogP contribution < -0.4 is 0 Å². The molecule has 0 heteroatoms. The second-order valence-electron chi connectivity index (χ2n) is 7.36. The Hall–Kier alpha value is 0. The predicted molar refractivity (Wildman–Crippen MR) is 67.1 cm³/mol. The van der Waals surface area contributed by atoms with Gasteiger partial charge in [0.15, 0.2) is 0 Å². The first-order valence-corrected chi connectivity index (χ1v) is 7.90. The normalized spacial score (nSPS) is 55.5. The Morgan fingerprint density at radius 1 is 0.438 bits per heavy atom. The highest BCUT2D eigenvalue weighted by Gasteiger charge is 2.45. The minimum atomic E-state index is 1.15. The number of hydrogen-bond donors (Lipinski definition) is 0. The fraction of sp³-hybridized carbons (Fsp3) is 1.00. The van der Waals surface area contributed by atoms with Crippen LogP contribution in [-0.2, 0) is 0 Å². The molecule has 0 amide bonds. The second kappa shape index (κ2) is 3.75. The molecule has 0 saturated heterocycles. The van der Waals surface area contributed by atoms with E-state index < -0.39 is 0 Å². The first-order chi connectivity index (χ1) is 7.90. The van der Waals surface area contributed by atoms with Gasteiger partial charge in [-0.3, -0.25) is 0 Å². The number of rotatable bonds is 1. The molecule has 0 aromatic heterocycles. The van der Waals surface area contributed by atoms with Crippen LogP contribution in [0.4, 0.5) is 0 Å². The summed E-state index contributed by atoms with van der Waals surface area (Å²) in [6.07, 6.45) is 16.0. The van der Waals surface area contributed by atoms with Gasteiger partial charge in [0.25, 0.3) is 0 Å². The summed E-state index contributed by atoms with van der Waals surface area (Å²) in [7, 11) is 0. The van der Waals surface area contributed by atoms with Gasteiger partial charge in [0.05, 0.1) is 0 Å². The van der Waals surface area contributed by atoms with E-state index in [1.807, 2.05) is 0 Å². The summed E-state index contributed by atoms with van der Waals surface area (Å²) in [6.45, 7) is 0. The third-order valence-electron chi connectivity index (χ3n) is 6.75. The number of fused-ring (bicyclic) bond motifs is 5. The molecule has 4 atom stereocenters. The molecule has 5 saturated carbocycles. The Kier molecular flexibility index (Phi) is 2.34. The molecule has 0 aromatic rings. The van der Waals surface area contributed by atoms with Gasteiger partial charge in [0, 0.05) is 0 Å². The number of hydrogen-bond acceptors (Lipinski definition) is 0. The van der Waals surface area contributed by atoms with Gasteiger partial charge in [-0.15, -0.1) is 0 Å². The van der Waals surface area contributed by atoms with Crippen molar-refractivity contribution in [1.82, 2.24) is 0 Å². The van der Waals surface area contributed by atoms with Crippen molar-refractivity contribution in [3.05, 3.63) is 0 Å². The van der Waals surface area contributed by atoms with Crippen molar-refractivity contribution in [3.63, 3.8) is 0 Å². The summed E-state index contributed by atoms with van der Waals surface area (Å²) in [6, 6.07) is 0. The molecule has 0 nitrogen and oxygen atoms in total. The van der Waals surface area contributed by atoms with E-state index in [1.54, 1.807) is 64.2 Å². The van der Waals surface area contributed by atoms with Gasteiger partial charge in [-0.25, -0.2) is 0 Å². The zero-order chi connectivity index (χ0) is 10.5. The third-order valence-corrected chi connectivity index (χ3v) is 6.75. The average molecular weight is 218 g/mol. The Bertz CT molecular complexity index is 254. The van der Waals surface area contributed by atoms with Gasteiger partial charge in [-0.2, -0.15) is 0 Å². The van der Waals surface area contributed by atoms with E-state index in [4.69, 9.17) is 0 Å². The van der Waals surface area contributed by atoms with Crippen molar-refractivity contribution >= 4 is 0 Å². The summed E-state index contributed by atoms with van der Waals surface area (Å²) in [5.41, 5.74) is 0. The van der Waals surface area contributed by atoms with Gasteiger partial charge in [-0.1, -0.05) is 25.7 Å². The van der Waals surface area contributed by atoms with E-state index in [0.29, 0.717) is 0 Å². The lowest BCUT2D eigenvalue weighted by atomic mass is 9.57. The molecule has 4 bridgehead atoms. The molecule has 16 heavy (non-hydrogen) atoms. The second-order valence-corrected chi connectivity index (χ2v) is 7.36. The quantitative estimate of drug-likeness (QED) is 0.601.